The highest BCUT2D eigenvalue weighted by Crippen LogP contribution is 2.29. The molecule has 2 rings (SSSR count). The SMILES string of the molecule is CC(C)(C)c1csc(C2CN(CC#N)CCO2)n1. The maximum atomic E-state index is 8.74. The molecule has 0 saturated carbocycles. The van der Waals surface area contributed by atoms with Crippen molar-refractivity contribution in [3.63, 3.8) is 0 Å². The Labute approximate surface area is 112 Å². The van der Waals surface area contributed by atoms with Crippen molar-refractivity contribution in [3.05, 3.63) is 16.1 Å². The Hall–Kier alpha value is -0.960. The Bertz CT molecular complexity index is 444. The van der Waals surface area contributed by atoms with Crippen LogP contribution in [0.15, 0.2) is 5.38 Å². The molecule has 1 saturated heterocycles. The van der Waals surface area contributed by atoms with Crippen LogP contribution in [-0.4, -0.2) is 36.1 Å². The molecule has 0 N–H and O–H groups in total. The predicted octanol–water partition coefficient (Wildman–Crippen LogP) is 2.34. The highest BCUT2D eigenvalue weighted by atomic mass is 32.1. The van der Waals surface area contributed by atoms with Crippen LogP contribution in [0, 0.1) is 11.3 Å². The molecular weight excluding hydrogens is 246 g/mol. The zero-order chi connectivity index (χ0) is 13.2. The van der Waals surface area contributed by atoms with Gasteiger partial charge in [-0.05, 0) is 0 Å². The first-order chi connectivity index (χ1) is 8.50. The van der Waals surface area contributed by atoms with Gasteiger partial charge in [0.25, 0.3) is 0 Å². The smallest absolute Gasteiger partial charge is 0.123 e. The summed E-state index contributed by atoms with van der Waals surface area (Å²) in [7, 11) is 0. The summed E-state index contributed by atoms with van der Waals surface area (Å²) in [5.41, 5.74) is 1.19. The van der Waals surface area contributed by atoms with Crippen molar-refractivity contribution in [2.45, 2.75) is 32.3 Å². The fraction of sp³-hybridized carbons (Fsp3) is 0.692. The fourth-order valence-electron chi connectivity index (χ4n) is 1.88. The number of morpholine rings is 1. The van der Waals surface area contributed by atoms with Gasteiger partial charge in [-0.2, -0.15) is 5.26 Å². The standard InChI is InChI=1S/C13H19N3OS/c1-13(2,3)11-9-18-12(15-11)10-8-16(5-4-14)6-7-17-10/h9-10H,5-8H2,1-3H3. The number of ether oxygens (including phenoxy) is 1. The number of thiazole rings is 1. The van der Waals surface area contributed by atoms with Gasteiger partial charge in [-0.15, -0.1) is 11.3 Å². The van der Waals surface area contributed by atoms with E-state index in [9.17, 15) is 0 Å². The van der Waals surface area contributed by atoms with Crippen LogP contribution in [0.4, 0.5) is 0 Å². The molecule has 1 aromatic heterocycles. The van der Waals surface area contributed by atoms with Crippen molar-refractivity contribution in [1.82, 2.24) is 9.88 Å². The molecule has 2 heterocycles. The van der Waals surface area contributed by atoms with Crippen LogP contribution in [0.5, 0.6) is 0 Å². The van der Waals surface area contributed by atoms with Gasteiger partial charge in [0.15, 0.2) is 0 Å². The number of nitriles is 1. The lowest BCUT2D eigenvalue weighted by molar-refractivity contribution is -0.0256. The van der Waals surface area contributed by atoms with Crippen molar-refractivity contribution in [3.8, 4) is 6.07 Å². The summed E-state index contributed by atoms with van der Waals surface area (Å²) in [5, 5.41) is 11.9. The molecule has 1 atom stereocenters. The van der Waals surface area contributed by atoms with Gasteiger partial charge < -0.3 is 4.74 Å². The second kappa shape index (κ2) is 5.35. The summed E-state index contributed by atoms with van der Waals surface area (Å²) in [6, 6.07) is 2.19. The highest BCUT2D eigenvalue weighted by molar-refractivity contribution is 7.09. The van der Waals surface area contributed by atoms with E-state index >= 15 is 0 Å². The quantitative estimate of drug-likeness (QED) is 0.770. The van der Waals surface area contributed by atoms with Gasteiger partial charge >= 0.3 is 0 Å². The van der Waals surface area contributed by atoms with E-state index in [1.54, 1.807) is 11.3 Å². The Morgan fingerprint density at radius 2 is 2.39 bits per heavy atom. The molecule has 0 amide bonds. The second-order valence-corrected chi connectivity index (χ2v) is 6.46. The van der Waals surface area contributed by atoms with Crippen LogP contribution in [0.1, 0.15) is 37.6 Å². The Kier molecular flexibility index (Phi) is 4.00. The molecule has 1 unspecified atom stereocenters. The van der Waals surface area contributed by atoms with Gasteiger partial charge in [0.1, 0.15) is 11.1 Å². The molecule has 0 aromatic carbocycles. The predicted molar refractivity (Wildman–Crippen MR) is 71.6 cm³/mol. The summed E-state index contributed by atoms with van der Waals surface area (Å²) in [4.78, 5) is 6.80. The molecular formula is C13H19N3OS. The molecule has 0 aliphatic carbocycles. The number of nitrogens with zero attached hydrogens (tertiary/aromatic N) is 3. The molecule has 1 aliphatic heterocycles. The molecule has 4 nitrogen and oxygen atoms in total. The molecule has 98 valence electrons. The maximum Gasteiger partial charge on any atom is 0.123 e. The van der Waals surface area contributed by atoms with E-state index in [0.29, 0.717) is 13.2 Å². The summed E-state index contributed by atoms with van der Waals surface area (Å²) in [6.45, 7) is 9.24. The summed E-state index contributed by atoms with van der Waals surface area (Å²) in [5.74, 6) is 0. The van der Waals surface area contributed by atoms with Crippen LogP contribution >= 0.6 is 11.3 Å². The van der Waals surface area contributed by atoms with Crippen molar-refractivity contribution in [1.29, 1.82) is 5.26 Å². The van der Waals surface area contributed by atoms with Crippen LogP contribution < -0.4 is 0 Å². The van der Waals surface area contributed by atoms with E-state index in [0.717, 1.165) is 23.8 Å². The van der Waals surface area contributed by atoms with E-state index < -0.39 is 0 Å². The van der Waals surface area contributed by atoms with Crippen molar-refractivity contribution < 1.29 is 4.74 Å². The molecule has 1 fully saturated rings. The van der Waals surface area contributed by atoms with E-state index in [-0.39, 0.29) is 11.5 Å². The van der Waals surface area contributed by atoms with Gasteiger partial charge in [-0.3, -0.25) is 4.90 Å². The van der Waals surface area contributed by atoms with E-state index in [2.05, 4.69) is 42.1 Å². The lowest BCUT2D eigenvalue weighted by Crippen LogP contribution is -2.38. The maximum absolute atomic E-state index is 8.74. The largest absolute Gasteiger partial charge is 0.368 e. The third kappa shape index (κ3) is 3.08. The van der Waals surface area contributed by atoms with E-state index in [1.165, 1.54) is 0 Å². The average molecular weight is 265 g/mol. The van der Waals surface area contributed by atoms with Crippen molar-refractivity contribution in [2.75, 3.05) is 26.2 Å². The Morgan fingerprint density at radius 3 is 3.00 bits per heavy atom. The van der Waals surface area contributed by atoms with Crippen LogP contribution in [0.25, 0.3) is 0 Å². The molecule has 1 aromatic rings. The normalized spacial score (nSPS) is 21.8. The number of hydrogen-bond acceptors (Lipinski definition) is 5. The first kappa shape index (κ1) is 13.5. The fourth-order valence-corrected chi connectivity index (χ4v) is 2.96. The third-order valence-electron chi connectivity index (χ3n) is 3.01. The Morgan fingerprint density at radius 1 is 1.61 bits per heavy atom. The van der Waals surface area contributed by atoms with Crippen LogP contribution in [-0.2, 0) is 10.2 Å². The molecule has 0 spiro atoms. The van der Waals surface area contributed by atoms with E-state index in [1.807, 2.05) is 0 Å². The van der Waals surface area contributed by atoms with Crippen LogP contribution in [0.3, 0.4) is 0 Å². The summed E-state index contributed by atoms with van der Waals surface area (Å²) < 4.78 is 5.76. The van der Waals surface area contributed by atoms with Crippen molar-refractivity contribution >= 4 is 11.3 Å². The third-order valence-corrected chi connectivity index (χ3v) is 3.95. The van der Waals surface area contributed by atoms with Crippen LogP contribution in [0.2, 0.25) is 0 Å². The minimum Gasteiger partial charge on any atom is -0.368 e. The number of hydrogen-bond donors (Lipinski definition) is 0. The van der Waals surface area contributed by atoms with Gasteiger partial charge in [0.2, 0.25) is 0 Å². The molecule has 1 aliphatic rings. The first-order valence-electron chi connectivity index (χ1n) is 6.17. The number of rotatable bonds is 2. The van der Waals surface area contributed by atoms with Gasteiger partial charge in [0.05, 0.1) is 24.9 Å². The second-order valence-electron chi connectivity index (χ2n) is 5.57. The Balaban J connectivity index is 2.07. The highest BCUT2D eigenvalue weighted by Gasteiger charge is 2.26. The lowest BCUT2D eigenvalue weighted by atomic mass is 9.93. The molecule has 0 bridgehead atoms. The van der Waals surface area contributed by atoms with E-state index in [4.69, 9.17) is 10.00 Å². The molecule has 5 heteroatoms. The zero-order valence-corrected chi connectivity index (χ0v) is 12.0. The monoisotopic (exact) mass is 265 g/mol. The molecule has 0 radical (unpaired) electrons. The van der Waals surface area contributed by atoms with Gasteiger partial charge in [-0.1, -0.05) is 20.8 Å². The first-order valence-corrected chi connectivity index (χ1v) is 7.05. The van der Waals surface area contributed by atoms with Gasteiger partial charge in [0, 0.05) is 23.9 Å². The average Bonchev–Trinajstić information content (AvgIpc) is 2.78. The summed E-state index contributed by atoms with van der Waals surface area (Å²) >= 11 is 1.66. The minimum atomic E-state index is 0.0215. The lowest BCUT2D eigenvalue weighted by Gasteiger charge is -2.30. The van der Waals surface area contributed by atoms with Gasteiger partial charge in [-0.25, -0.2) is 4.98 Å². The van der Waals surface area contributed by atoms with Crippen molar-refractivity contribution in [2.24, 2.45) is 0 Å². The minimum absolute atomic E-state index is 0.0215. The number of aromatic nitrogens is 1. The summed E-state index contributed by atoms with van der Waals surface area (Å²) in [6.07, 6.45) is 0.0215. The molecule has 18 heavy (non-hydrogen) atoms. The topological polar surface area (TPSA) is 49.2 Å². The zero-order valence-electron chi connectivity index (χ0n) is 11.1.